The number of aromatic nitrogens is 2. The first-order chi connectivity index (χ1) is 10.2. The standard InChI is InChI=1S/C15H25N5O/c1-3-19(12(2)21)14-4-6-18(11-14)10-13-8-15-9-16-5-7-20(15)17-13/h8,14,16H,3-7,9-11H2,1-2H3. The molecular weight excluding hydrogens is 266 g/mol. The highest BCUT2D eigenvalue weighted by Crippen LogP contribution is 2.18. The monoisotopic (exact) mass is 291 g/mol. The Morgan fingerprint density at radius 2 is 2.38 bits per heavy atom. The van der Waals surface area contributed by atoms with Gasteiger partial charge in [-0.1, -0.05) is 0 Å². The number of nitrogens with zero attached hydrogens (tertiary/aromatic N) is 4. The van der Waals surface area contributed by atoms with E-state index in [0.29, 0.717) is 6.04 Å². The van der Waals surface area contributed by atoms with Crippen molar-refractivity contribution in [1.82, 2.24) is 24.9 Å². The summed E-state index contributed by atoms with van der Waals surface area (Å²) >= 11 is 0. The molecule has 6 nitrogen and oxygen atoms in total. The van der Waals surface area contributed by atoms with Crippen LogP contribution in [-0.2, 0) is 24.4 Å². The Morgan fingerprint density at radius 1 is 1.52 bits per heavy atom. The van der Waals surface area contributed by atoms with E-state index in [9.17, 15) is 4.79 Å². The number of likely N-dealkylation sites (N-methyl/N-ethyl adjacent to an activating group) is 1. The normalized spacial score (nSPS) is 22.3. The van der Waals surface area contributed by atoms with Gasteiger partial charge < -0.3 is 10.2 Å². The molecule has 0 radical (unpaired) electrons. The molecule has 6 heteroatoms. The average Bonchev–Trinajstić information content (AvgIpc) is 3.06. The van der Waals surface area contributed by atoms with Crippen molar-refractivity contribution in [1.29, 1.82) is 0 Å². The Bertz CT molecular complexity index is 489. The van der Waals surface area contributed by atoms with Crippen LogP contribution in [0, 0.1) is 0 Å². The van der Waals surface area contributed by atoms with Gasteiger partial charge in [-0.2, -0.15) is 5.10 Å². The van der Waals surface area contributed by atoms with Crippen molar-refractivity contribution in [3.05, 3.63) is 17.5 Å². The molecule has 0 saturated carbocycles. The SMILES string of the molecule is CCN(C(C)=O)C1CCN(Cc2cc3n(n2)CCNC3)C1. The number of hydrogen-bond donors (Lipinski definition) is 1. The summed E-state index contributed by atoms with van der Waals surface area (Å²) in [5, 5.41) is 8.07. The number of amides is 1. The molecule has 1 atom stereocenters. The number of rotatable bonds is 4. The average molecular weight is 291 g/mol. The van der Waals surface area contributed by atoms with Crippen molar-refractivity contribution < 1.29 is 4.79 Å². The van der Waals surface area contributed by atoms with Gasteiger partial charge in [-0.15, -0.1) is 0 Å². The minimum Gasteiger partial charge on any atom is -0.339 e. The fraction of sp³-hybridized carbons (Fsp3) is 0.733. The molecule has 21 heavy (non-hydrogen) atoms. The molecule has 1 aromatic rings. The summed E-state index contributed by atoms with van der Waals surface area (Å²) in [5.41, 5.74) is 2.44. The Labute approximate surface area is 126 Å². The minimum atomic E-state index is 0.188. The quantitative estimate of drug-likeness (QED) is 0.874. The van der Waals surface area contributed by atoms with E-state index in [1.165, 1.54) is 5.69 Å². The zero-order valence-corrected chi connectivity index (χ0v) is 13.0. The predicted octanol–water partition coefficient (Wildman–Crippen LogP) is 0.429. The lowest BCUT2D eigenvalue weighted by Crippen LogP contribution is -2.40. The van der Waals surface area contributed by atoms with Crippen LogP contribution < -0.4 is 5.32 Å². The van der Waals surface area contributed by atoms with E-state index >= 15 is 0 Å². The second-order valence-corrected chi connectivity index (χ2v) is 6.01. The summed E-state index contributed by atoms with van der Waals surface area (Å²) in [5.74, 6) is 0.188. The maximum absolute atomic E-state index is 11.6. The van der Waals surface area contributed by atoms with E-state index in [2.05, 4.69) is 27.9 Å². The third kappa shape index (κ3) is 3.11. The number of nitrogens with one attached hydrogen (secondary N) is 1. The number of likely N-dealkylation sites (tertiary alicyclic amines) is 1. The van der Waals surface area contributed by atoms with Crippen LogP contribution in [-0.4, -0.2) is 57.7 Å². The summed E-state index contributed by atoms with van der Waals surface area (Å²) in [7, 11) is 0. The molecule has 3 heterocycles. The molecular formula is C15H25N5O. The second kappa shape index (κ2) is 6.15. The van der Waals surface area contributed by atoms with Gasteiger partial charge in [0.2, 0.25) is 5.91 Å². The molecule has 1 unspecified atom stereocenters. The number of fused-ring (bicyclic) bond motifs is 1. The Balaban J connectivity index is 1.59. The smallest absolute Gasteiger partial charge is 0.219 e. The van der Waals surface area contributed by atoms with Gasteiger partial charge in [0.05, 0.1) is 17.9 Å². The highest BCUT2D eigenvalue weighted by atomic mass is 16.2. The molecule has 1 N–H and O–H groups in total. The zero-order chi connectivity index (χ0) is 14.8. The van der Waals surface area contributed by atoms with Crippen LogP contribution in [0.25, 0.3) is 0 Å². The van der Waals surface area contributed by atoms with Gasteiger partial charge in [-0.25, -0.2) is 0 Å². The number of carbonyl (C=O) groups excluding carboxylic acids is 1. The van der Waals surface area contributed by atoms with Crippen LogP contribution in [0.5, 0.6) is 0 Å². The summed E-state index contributed by atoms with van der Waals surface area (Å²) in [6.45, 7) is 10.3. The van der Waals surface area contributed by atoms with E-state index in [1.807, 2.05) is 4.90 Å². The predicted molar refractivity (Wildman–Crippen MR) is 80.7 cm³/mol. The second-order valence-electron chi connectivity index (χ2n) is 6.01. The van der Waals surface area contributed by atoms with Crippen LogP contribution >= 0.6 is 0 Å². The molecule has 1 amide bonds. The summed E-state index contributed by atoms with van der Waals surface area (Å²) < 4.78 is 2.12. The highest BCUT2D eigenvalue weighted by molar-refractivity contribution is 5.73. The van der Waals surface area contributed by atoms with E-state index in [1.54, 1.807) is 6.92 Å². The Kier molecular flexibility index (Phi) is 4.26. The topological polar surface area (TPSA) is 53.4 Å². The van der Waals surface area contributed by atoms with Gasteiger partial charge >= 0.3 is 0 Å². The molecule has 0 bridgehead atoms. The zero-order valence-electron chi connectivity index (χ0n) is 13.0. The third-order valence-electron chi connectivity index (χ3n) is 4.54. The molecule has 0 aromatic carbocycles. The molecule has 116 valence electrons. The minimum absolute atomic E-state index is 0.188. The maximum atomic E-state index is 11.6. The molecule has 2 aliphatic rings. The van der Waals surface area contributed by atoms with E-state index in [0.717, 1.165) is 57.9 Å². The first-order valence-electron chi connectivity index (χ1n) is 7.93. The van der Waals surface area contributed by atoms with Crippen LogP contribution in [0.4, 0.5) is 0 Å². The van der Waals surface area contributed by atoms with Crippen molar-refractivity contribution in [3.63, 3.8) is 0 Å². The lowest BCUT2D eigenvalue weighted by atomic mass is 10.2. The van der Waals surface area contributed by atoms with E-state index in [4.69, 9.17) is 5.10 Å². The van der Waals surface area contributed by atoms with Gasteiger partial charge in [-0.3, -0.25) is 14.4 Å². The first-order valence-corrected chi connectivity index (χ1v) is 7.93. The highest BCUT2D eigenvalue weighted by Gasteiger charge is 2.28. The summed E-state index contributed by atoms with van der Waals surface area (Å²) in [6.07, 6.45) is 1.07. The maximum Gasteiger partial charge on any atom is 0.219 e. The van der Waals surface area contributed by atoms with Crippen molar-refractivity contribution >= 4 is 5.91 Å². The Hall–Kier alpha value is -1.40. The van der Waals surface area contributed by atoms with Crippen molar-refractivity contribution in [2.24, 2.45) is 0 Å². The van der Waals surface area contributed by atoms with Crippen molar-refractivity contribution in [2.75, 3.05) is 26.2 Å². The molecule has 0 spiro atoms. The molecule has 0 aliphatic carbocycles. The van der Waals surface area contributed by atoms with E-state index < -0.39 is 0 Å². The lowest BCUT2D eigenvalue weighted by Gasteiger charge is -2.26. The van der Waals surface area contributed by atoms with Crippen LogP contribution in [0.3, 0.4) is 0 Å². The molecule has 1 aromatic heterocycles. The Morgan fingerprint density at radius 3 is 3.10 bits per heavy atom. The molecule has 3 rings (SSSR count). The van der Waals surface area contributed by atoms with Crippen LogP contribution in [0.15, 0.2) is 6.07 Å². The first kappa shape index (κ1) is 14.5. The van der Waals surface area contributed by atoms with Crippen LogP contribution in [0.1, 0.15) is 31.7 Å². The molecule has 2 aliphatic heterocycles. The van der Waals surface area contributed by atoms with Gasteiger partial charge in [-0.05, 0) is 19.4 Å². The van der Waals surface area contributed by atoms with Gasteiger partial charge in [0.25, 0.3) is 0 Å². The lowest BCUT2D eigenvalue weighted by molar-refractivity contribution is -0.130. The third-order valence-corrected chi connectivity index (χ3v) is 4.54. The van der Waals surface area contributed by atoms with Crippen molar-refractivity contribution in [3.8, 4) is 0 Å². The fourth-order valence-corrected chi connectivity index (χ4v) is 3.51. The largest absolute Gasteiger partial charge is 0.339 e. The number of carbonyl (C=O) groups is 1. The fourth-order valence-electron chi connectivity index (χ4n) is 3.51. The van der Waals surface area contributed by atoms with Gasteiger partial charge in [0.1, 0.15) is 0 Å². The van der Waals surface area contributed by atoms with Gasteiger partial charge in [0.15, 0.2) is 0 Å². The molecule has 1 saturated heterocycles. The van der Waals surface area contributed by atoms with Crippen molar-refractivity contribution in [2.45, 2.75) is 45.9 Å². The summed E-state index contributed by atoms with van der Waals surface area (Å²) in [6, 6.07) is 2.58. The summed E-state index contributed by atoms with van der Waals surface area (Å²) in [4.78, 5) is 16.0. The van der Waals surface area contributed by atoms with Gasteiger partial charge in [0, 0.05) is 52.2 Å². The number of hydrogen-bond acceptors (Lipinski definition) is 4. The van der Waals surface area contributed by atoms with E-state index in [-0.39, 0.29) is 5.91 Å². The van der Waals surface area contributed by atoms with Crippen LogP contribution in [0.2, 0.25) is 0 Å². The molecule has 1 fully saturated rings.